The summed E-state index contributed by atoms with van der Waals surface area (Å²) in [6, 6.07) is 7.64. The van der Waals surface area contributed by atoms with Crippen LogP contribution in [0.25, 0.3) is 0 Å². The van der Waals surface area contributed by atoms with Crippen LogP contribution < -0.4 is 0 Å². The van der Waals surface area contributed by atoms with E-state index in [2.05, 4.69) is 6.92 Å². The van der Waals surface area contributed by atoms with Gasteiger partial charge in [0.25, 0.3) is 0 Å². The minimum atomic E-state index is -0.848. The fourth-order valence-electron chi connectivity index (χ4n) is 4.95. The van der Waals surface area contributed by atoms with Gasteiger partial charge in [-0.2, -0.15) is 0 Å². The second kappa shape index (κ2) is 14.9. The molecule has 1 fully saturated rings. The standard InChI is InChI=1S/C32H44O7.C2H4O/c1-19-13-21(16-24(27(19)33)31(3,4)5)15-23-9-10-37-26(30(36)39-12-11-38-29(23)35)18-22-14-20(2)28(34)25(17-22)32(6,7)8;1-2-3/h13-14,16-17,23,26,33-34H,9-12,15,18H2,1-8H3;1-2H2. The fraction of sp³-hybridized carbons (Fsp3) is 0.559. The van der Waals surface area contributed by atoms with E-state index in [0.29, 0.717) is 12.8 Å². The van der Waals surface area contributed by atoms with Gasteiger partial charge < -0.3 is 24.4 Å². The van der Waals surface area contributed by atoms with Crippen molar-refractivity contribution in [3.05, 3.63) is 64.6 Å². The van der Waals surface area contributed by atoms with E-state index in [1.54, 1.807) is 0 Å². The van der Waals surface area contributed by atoms with Crippen molar-refractivity contribution >= 4 is 11.9 Å². The van der Waals surface area contributed by atoms with E-state index in [9.17, 15) is 19.8 Å². The van der Waals surface area contributed by atoms with Gasteiger partial charge in [-0.25, -0.2) is 9.90 Å². The maximum Gasteiger partial charge on any atom is 0.335 e. The second-order valence-corrected chi connectivity index (χ2v) is 12.9. The number of ether oxygens (including phenoxy) is 3. The van der Waals surface area contributed by atoms with Gasteiger partial charge >= 0.3 is 11.9 Å². The Morgan fingerprint density at radius 3 is 1.64 bits per heavy atom. The number of esters is 2. The van der Waals surface area contributed by atoms with E-state index in [0.717, 1.165) is 33.4 Å². The molecule has 2 radical (unpaired) electrons. The quantitative estimate of drug-likeness (QED) is 0.433. The normalized spacial score (nSPS) is 18.7. The SMILES string of the molecule is Cc1cc(CC2CCOC(Cc3cc(C)c(O)c(C(C)(C)C)c3)C(=O)OCCOC2=O)cc(C(C)(C)C)c1O.[CH2]C[O]. The number of hydrogen-bond donors (Lipinski definition) is 2. The topological polar surface area (TPSA) is 122 Å². The summed E-state index contributed by atoms with van der Waals surface area (Å²) in [7, 11) is 0. The highest BCUT2D eigenvalue weighted by molar-refractivity contribution is 5.75. The molecule has 42 heavy (non-hydrogen) atoms. The first kappa shape index (κ1) is 35.1. The lowest BCUT2D eigenvalue weighted by Gasteiger charge is -2.24. The number of benzene rings is 2. The number of phenolic OH excluding ortho intramolecular Hbond substituents is 2. The number of aromatic hydroxyl groups is 2. The Morgan fingerprint density at radius 1 is 0.762 bits per heavy atom. The Bertz CT molecular complexity index is 1130. The minimum Gasteiger partial charge on any atom is -0.507 e. The van der Waals surface area contributed by atoms with Crippen LogP contribution in [-0.2, 0) is 52.6 Å². The van der Waals surface area contributed by atoms with Crippen molar-refractivity contribution in [1.29, 1.82) is 0 Å². The first-order valence-corrected chi connectivity index (χ1v) is 14.5. The Hall–Kier alpha value is -3.10. The van der Waals surface area contributed by atoms with Gasteiger partial charge in [-0.15, -0.1) is 0 Å². The molecule has 3 rings (SSSR count). The Balaban J connectivity index is 0.00000197. The molecule has 2 unspecified atom stereocenters. The summed E-state index contributed by atoms with van der Waals surface area (Å²) in [4.78, 5) is 25.8. The molecule has 0 aliphatic carbocycles. The molecule has 2 N–H and O–H groups in total. The van der Waals surface area contributed by atoms with Crippen molar-refractivity contribution in [1.82, 2.24) is 0 Å². The minimum absolute atomic E-state index is 0.0257. The summed E-state index contributed by atoms with van der Waals surface area (Å²) in [5, 5.41) is 30.0. The van der Waals surface area contributed by atoms with E-state index >= 15 is 0 Å². The third-order valence-electron chi connectivity index (χ3n) is 7.19. The number of phenols is 2. The summed E-state index contributed by atoms with van der Waals surface area (Å²) >= 11 is 0. The summed E-state index contributed by atoms with van der Waals surface area (Å²) in [5.74, 6) is -0.803. The number of hydrogen-bond acceptors (Lipinski definition) is 7. The summed E-state index contributed by atoms with van der Waals surface area (Å²) in [5.41, 5.74) is 4.40. The Kier molecular flexibility index (Phi) is 12.4. The molecule has 1 saturated heterocycles. The Morgan fingerprint density at radius 2 is 1.19 bits per heavy atom. The van der Waals surface area contributed by atoms with Gasteiger partial charge in [-0.1, -0.05) is 65.8 Å². The van der Waals surface area contributed by atoms with Crippen molar-refractivity contribution in [3.63, 3.8) is 0 Å². The number of rotatable bonds is 4. The first-order valence-electron chi connectivity index (χ1n) is 14.5. The maximum atomic E-state index is 12.9. The van der Waals surface area contributed by atoms with Crippen LogP contribution in [-0.4, -0.2) is 54.7 Å². The molecule has 8 heteroatoms. The molecule has 0 bridgehead atoms. The zero-order valence-electron chi connectivity index (χ0n) is 26.5. The molecule has 0 saturated carbocycles. The summed E-state index contributed by atoms with van der Waals surface area (Å²) in [6.45, 7) is 18.7. The first-order chi connectivity index (χ1) is 19.5. The molecule has 0 aromatic heterocycles. The van der Waals surface area contributed by atoms with Crippen LogP contribution in [0.1, 0.15) is 81.3 Å². The molecule has 1 aliphatic rings. The summed E-state index contributed by atoms with van der Waals surface area (Å²) in [6.07, 6.45) is 0.237. The van der Waals surface area contributed by atoms with Crippen molar-refractivity contribution in [2.75, 3.05) is 26.4 Å². The lowest BCUT2D eigenvalue weighted by Crippen LogP contribution is -2.30. The molecular formula is C34H48O8. The molecule has 0 amide bonds. The smallest absolute Gasteiger partial charge is 0.335 e. The number of cyclic esters (lactones) is 2. The predicted molar refractivity (Wildman–Crippen MR) is 161 cm³/mol. The second-order valence-electron chi connectivity index (χ2n) is 12.9. The van der Waals surface area contributed by atoms with Gasteiger partial charge in [0.1, 0.15) is 24.7 Å². The van der Waals surface area contributed by atoms with Crippen molar-refractivity contribution in [2.45, 2.75) is 91.6 Å². The molecule has 1 heterocycles. The van der Waals surface area contributed by atoms with Gasteiger partial charge in [0.15, 0.2) is 6.10 Å². The van der Waals surface area contributed by atoms with Gasteiger partial charge in [-0.3, -0.25) is 4.79 Å². The van der Waals surface area contributed by atoms with Gasteiger partial charge in [0.2, 0.25) is 0 Å². The molecule has 0 spiro atoms. The lowest BCUT2D eigenvalue weighted by molar-refractivity contribution is -0.160. The van der Waals surface area contributed by atoms with Crippen molar-refractivity contribution < 1.29 is 39.1 Å². The van der Waals surface area contributed by atoms with Crippen LogP contribution in [0.2, 0.25) is 0 Å². The molecular weight excluding hydrogens is 536 g/mol. The zero-order valence-corrected chi connectivity index (χ0v) is 26.5. The zero-order chi connectivity index (χ0) is 31.8. The molecule has 2 aromatic rings. The van der Waals surface area contributed by atoms with E-state index in [1.165, 1.54) is 0 Å². The molecule has 2 aromatic carbocycles. The average molecular weight is 585 g/mol. The number of carbonyl (C=O) groups excluding carboxylic acids is 2. The van der Waals surface area contributed by atoms with E-state index in [-0.39, 0.29) is 61.1 Å². The van der Waals surface area contributed by atoms with Crippen molar-refractivity contribution in [2.24, 2.45) is 5.92 Å². The van der Waals surface area contributed by atoms with Crippen LogP contribution in [0.3, 0.4) is 0 Å². The molecule has 1 aliphatic heterocycles. The average Bonchev–Trinajstić information content (AvgIpc) is 2.90. The van der Waals surface area contributed by atoms with Crippen LogP contribution in [0, 0.1) is 26.7 Å². The highest BCUT2D eigenvalue weighted by atomic mass is 16.6. The summed E-state index contributed by atoms with van der Waals surface area (Å²) < 4.78 is 16.9. The predicted octanol–water partition coefficient (Wildman–Crippen LogP) is 5.84. The largest absolute Gasteiger partial charge is 0.507 e. The van der Waals surface area contributed by atoms with Crippen molar-refractivity contribution in [3.8, 4) is 11.5 Å². The highest BCUT2D eigenvalue weighted by Gasteiger charge is 2.29. The van der Waals surface area contributed by atoms with Gasteiger partial charge in [0, 0.05) is 13.0 Å². The van der Waals surface area contributed by atoms with Gasteiger partial charge in [-0.05, 0) is 77.8 Å². The van der Waals surface area contributed by atoms with Crippen LogP contribution in [0.15, 0.2) is 24.3 Å². The number of carbonyl (C=O) groups is 2. The van der Waals surface area contributed by atoms with Crippen LogP contribution in [0.4, 0.5) is 0 Å². The monoisotopic (exact) mass is 584 g/mol. The number of aryl methyl sites for hydroxylation is 2. The third-order valence-corrected chi connectivity index (χ3v) is 7.19. The molecule has 2 atom stereocenters. The molecule has 8 nitrogen and oxygen atoms in total. The Labute approximate surface area is 251 Å². The third kappa shape index (κ3) is 9.73. The fourth-order valence-corrected chi connectivity index (χ4v) is 4.95. The van der Waals surface area contributed by atoms with E-state index in [1.807, 2.05) is 79.7 Å². The van der Waals surface area contributed by atoms with Crippen LogP contribution in [0.5, 0.6) is 11.5 Å². The van der Waals surface area contributed by atoms with Gasteiger partial charge in [0.05, 0.1) is 12.5 Å². The van der Waals surface area contributed by atoms with Crippen LogP contribution >= 0.6 is 0 Å². The highest BCUT2D eigenvalue weighted by Crippen LogP contribution is 2.36. The lowest BCUT2D eigenvalue weighted by atomic mass is 9.83. The maximum absolute atomic E-state index is 12.9. The molecule has 232 valence electrons. The van der Waals surface area contributed by atoms with E-state index < -0.39 is 18.0 Å². The van der Waals surface area contributed by atoms with E-state index in [4.69, 9.17) is 19.3 Å².